The summed E-state index contributed by atoms with van der Waals surface area (Å²) in [6.07, 6.45) is 0.990. The number of aryl methyl sites for hydroxylation is 1. The zero-order valence-electron chi connectivity index (χ0n) is 12.8. The molecule has 1 N–H and O–H groups in total. The highest BCUT2D eigenvalue weighted by Crippen LogP contribution is 2.34. The summed E-state index contributed by atoms with van der Waals surface area (Å²) in [4.78, 5) is 0. The van der Waals surface area contributed by atoms with Gasteiger partial charge in [0, 0.05) is 10.6 Å². The van der Waals surface area contributed by atoms with Gasteiger partial charge in [-0.15, -0.1) is 0 Å². The maximum absolute atomic E-state index is 6.49. The summed E-state index contributed by atoms with van der Waals surface area (Å²) in [5.74, 6) is 0.913. The van der Waals surface area contributed by atoms with Gasteiger partial charge in [0.1, 0.15) is 5.75 Å². The number of halogens is 1. The summed E-state index contributed by atoms with van der Waals surface area (Å²) >= 11 is 6.49. The minimum absolute atomic E-state index is 0.0189. The van der Waals surface area contributed by atoms with Crippen LogP contribution in [-0.4, -0.2) is 13.7 Å². The predicted octanol–water partition coefficient (Wildman–Crippen LogP) is 4.75. The van der Waals surface area contributed by atoms with Crippen molar-refractivity contribution in [1.82, 2.24) is 5.32 Å². The van der Waals surface area contributed by atoms with Crippen LogP contribution >= 0.6 is 11.6 Å². The fourth-order valence-electron chi connectivity index (χ4n) is 2.43. The molecule has 3 heteroatoms. The molecule has 0 aliphatic carbocycles. The zero-order chi connectivity index (χ0) is 15.2. The molecule has 0 spiro atoms. The molecule has 0 aliphatic heterocycles. The van der Waals surface area contributed by atoms with Crippen LogP contribution in [0.1, 0.15) is 36.1 Å². The van der Waals surface area contributed by atoms with E-state index < -0.39 is 0 Å². The Morgan fingerprint density at radius 2 is 1.81 bits per heavy atom. The van der Waals surface area contributed by atoms with E-state index in [-0.39, 0.29) is 6.04 Å². The number of nitrogens with one attached hydrogen (secondary N) is 1. The van der Waals surface area contributed by atoms with Crippen molar-refractivity contribution in [2.45, 2.75) is 26.3 Å². The molecule has 0 amide bonds. The Labute approximate surface area is 132 Å². The Balaban J connectivity index is 2.44. The predicted molar refractivity (Wildman–Crippen MR) is 89.3 cm³/mol. The van der Waals surface area contributed by atoms with Crippen LogP contribution in [-0.2, 0) is 0 Å². The lowest BCUT2D eigenvalue weighted by molar-refractivity contribution is 0.312. The van der Waals surface area contributed by atoms with E-state index in [0.717, 1.165) is 40.5 Å². The Morgan fingerprint density at radius 3 is 2.52 bits per heavy atom. The van der Waals surface area contributed by atoms with Crippen molar-refractivity contribution >= 4 is 11.6 Å². The summed E-state index contributed by atoms with van der Waals surface area (Å²) in [7, 11) is 1.94. The summed E-state index contributed by atoms with van der Waals surface area (Å²) in [5.41, 5.74) is 3.27. The lowest BCUT2D eigenvalue weighted by Gasteiger charge is -2.22. The fourth-order valence-corrected chi connectivity index (χ4v) is 2.67. The summed E-state index contributed by atoms with van der Waals surface area (Å²) in [6.45, 7) is 4.85. The number of ether oxygens (including phenoxy) is 1. The van der Waals surface area contributed by atoms with Crippen LogP contribution in [0.5, 0.6) is 5.75 Å². The van der Waals surface area contributed by atoms with E-state index in [0.29, 0.717) is 0 Å². The molecule has 0 saturated carbocycles. The Kier molecular flexibility index (Phi) is 5.66. The van der Waals surface area contributed by atoms with E-state index in [2.05, 4.69) is 24.4 Å². The van der Waals surface area contributed by atoms with Gasteiger partial charge in [-0.1, -0.05) is 54.9 Å². The average molecular weight is 304 g/mol. The summed E-state index contributed by atoms with van der Waals surface area (Å²) < 4.78 is 5.88. The molecule has 2 nitrogen and oxygen atoms in total. The molecule has 0 radical (unpaired) electrons. The Hall–Kier alpha value is -1.51. The number of hydrogen-bond donors (Lipinski definition) is 1. The minimum atomic E-state index is 0.0189. The first-order valence-electron chi connectivity index (χ1n) is 7.33. The second-order valence-electron chi connectivity index (χ2n) is 5.09. The molecule has 2 rings (SSSR count). The Morgan fingerprint density at radius 1 is 1.10 bits per heavy atom. The lowest BCUT2D eigenvalue weighted by atomic mass is 9.96. The summed E-state index contributed by atoms with van der Waals surface area (Å²) in [5, 5.41) is 4.16. The van der Waals surface area contributed by atoms with Gasteiger partial charge in [0.05, 0.1) is 12.6 Å². The SMILES string of the molecule is CCCOc1ccccc1C(NC)c1cccc(C)c1Cl. The minimum Gasteiger partial charge on any atom is -0.493 e. The van der Waals surface area contributed by atoms with Crippen LogP contribution in [0.25, 0.3) is 0 Å². The van der Waals surface area contributed by atoms with E-state index in [1.54, 1.807) is 0 Å². The standard InChI is InChI=1S/C18H22ClNO/c1-4-12-21-16-11-6-5-9-14(16)18(20-3)15-10-7-8-13(2)17(15)19/h5-11,18,20H,4,12H2,1-3H3. The topological polar surface area (TPSA) is 21.3 Å². The van der Waals surface area contributed by atoms with Gasteiger partial charge in [-0.25, -0.2) is 0 Å². The van der Waals surface area contributed by atoms with Crippen LogP contribution in [0.3, 0.4) is 0 Å². The van der Waals surface area contributed by atoms with Gasteiger partial charge in [-0.2, -0.15) is 0 Å². The van der Waals surface area contributed by atoms with Crippen molar-refractivity contribution in [2.75, 3.05) is 13.7 Å². The van der Waals surface area contributed by atoms with Gasteiger partial charge in [0.2, 0.25) is 0 Å². The largest absolute Gasteiger partial charge is 0.493 e. The second-order valence-corrected chi connectivity index (χ2v) is 5.46. The number of benzene rings is 2. The van der Waals surface area contributed by atoms with Gasteiger partial charge in [-0.3, -0.25) is 0 Å². The molecule has 0 heterocycles. The normalized spacial score (nSPS) is 12.2. The second kappa shape index (κ2) is 7.48. The molecular weight excluding hydrogens is 282 g/mol. The van der Waals surface area contributed by atoms with Crippen molar-refractivity contribution in [1.29, 1.82) is 0 Å². The van der Waals surface area contributed by atoms with E-state index in [9.17, 15) is 0 Å². The smallest absolute Gasteiger partial charge is 0.124 e. The first-order valence-corrected chi connectivity index (χ1v) is 7.70. The third-order valence-corrected chi connectivity index (χ3v) is 4.03. The highest BCUT2D eigenvalue weighted by atomic mass is 35.5. The quantitative estimate of drug-likeness (QED) is 0.832. The molecular formula is C18H22ClNO. The van der Waals surface area contributed by atoms with Gasteiger partial charge in [-0.05, 0) is 37.6 Å². The maximum atomic E-state index is 6.49. The third kappa shape index (κ3) is 3.58. The van der Waals surface area contributed by atoms with Gasteiger partial charge >= 0.3 is 0 Å². The van der Waals surface area contributed by atoms with E-state index >= 15 is 0 Å². The molecule has 2 aromatic rings. The van der Waals surface area contributed by atoms with E-state index in [4.69, 9.17) is 16.3 Å². The lowest BCUT2D eigenvalue weighted by Crippen LogP contribution is -2.19. The monoisotopic (exact) mass is 303 g/mol. The molecule has 0 bridgehead atoms. The van der Waals surface area contributed by atoms with Crippen LogP contribution in [0.2, 0.25) is 5.02 Å². The zero-order valence-corrected chi connectivity index (χ0v) is 13.6. The van der Waals surface area contributed by atoms with E-state index in [1.807, 2.05) is 44.3 Å². The molecule has 1 unspecified atom stereocenters. The molecule has 1 atom stereocenters. The number of para-hydroxylation sites is 1. The van der Waals surface area contributed by atoms with Crippen LogP contribution in [0.15, 0.2) is 42.5 Å². The molecule has 0 aliphatic rings. The highest BCUT2D eigenvalue weighted by molar-refractivity contribution is 6.32. The molecule has 2 aromatic carbocycles. The first-order chi connectivity index (χ1) is 10.2. The highest BCUT2D eigenvalue weighted by Gasteiger charge is 2.19. The average Bonchev–Trinajstić information content (AvgIpc) is 2.51. The van der Waals surface area contributed by atoms with Gasteiger partial charge in [0.25, 0.3) is 0 Å². The summed E-state index contributed by atoms with van der Waals surface area (Å²) in [6, 6.07) is 14.3. The van der Waals surface area contributed by atoms with Crippen molar-refractivity contribution < 1.29 is 4.74 Å². The first kappa shape index (κ1) is 15.9. The molecule has 0 aromatic heterocycles. The van der Waals surface area contributed by atoms with E-state index in [1.165, 1.54) is 0 Å². The number of rotatable bonds is 6. The van der Waals surface area contributed by atoms with Crippen molar-refractivity contribution in [2.24, 2.45) is 0 Å². The third-order valence-electron chi connectivity index (χ3n) is 3.51. The molecule has 0 fully saturated rings. The van der Waals surface area contributed by atoms with Crippen LogP contribution in [0.4, 0.5) is 0 Å². The maximum Gasteiger partial charge on any atom is 0.124 e. The van der Waals surface area contributed by atoms with Gasteiger partial charge in [0.15, 0.2) is 0 Å². The Bertz CT molecular complexity index is 598. The van der Waals surface area contributed by atoms with Crippen LogP contribution in [0, 0.1) is 6.92 Å². The fraction of sp³-hybridized carbons (Fsp3) is 0.333. The van der Waals surface area contributed by atoms with Crippen molar-refractivity contribution in [3.8, 4) is 5.75 Å². The van der Waals surface area contributed by atoms with Gasteiger partial charge < -0.3 is 10.1 Å². The molecule has 21 heavy (non-hydrogen) atoms. The molecule has 0 saturated heterocycles. The number of hydrogen-bond acceptors (Lipinski definition) is 2. The van der Waals surface area contributed by atoms with Crippen molar-refractivity contribution in [3.05, 3.63) is 64.2 Å². The molecule has 112 valence electrons. The van der Waals surface area contributed by atoms with Crippen molar-refractivity contribution in [3.63, 3.8) is 0 Å². The van der Waals surface area contributed by atoms with Crippen LogP contribution < -0.4 is 10.1 Å².